The molecule has 202 valence electrons. The molecule has 0 radical (unpaired) electrons. The number of aryl methyl sites for hydroxylation is 1. The Morgan fingerprint density at radius 3 is 2.27 bits per heavy atom. The first-order valence-corrected chi connectivity index (χ1v) is 13.0. The van der Waals surface area contributed by atoms with Gasteiger partial charge in [0.2, 0.25) is 0 Å². The van der Waals surface area contributed by atoms with Crippen molar-refractivity contribution >= 4 is 21.8 Å². The number of aromatic nitrogens is 1. The number of ether oxygens (including phenoxy) is 2. The molecule has 0 saturated heterocycles. The average Bonchev–Trinajstić information content (AvgIpc) is 3.18. The van der Waals surface area contributed by atoms with Crippen LogP contribution in [0.1, 0.15) is 34.2 Å². The molecule has 10 nitrogen and oxygen atoms in total. The Morgan fingerprint density at radius 1 is 1.08 bits per heavy atom. The second kappa shape index (κ2) is 13.3. The number of anilines is 1. The maximum absolute atomic E-state index is 13.8. The average molecular weight is 534 g/mol. The maximum Gasteiger partial charge on any atom is 0.335 e. The van der Waals surface area contributed by atoms with Gasteiger partial charge in [0, 0.05) is 24.8 Å². The fourth-order valence-electron chi connectivity index (χ4n) is 3.35. The molecule has 0 fully saturated rings. The third-order valence-corrected chi connectivity index (χ3v) is 6.94. The van der Waals surface area contributed by atoms with Crippen LogP contribution in [0.3, 0.4) is 0 Å². The Morgan fingerprint density at radius 2 is 1.73 bits per heavy atom. The molecule has 0 amide bonds. The first kappa shape index (κ1) is 30.0. The first-order valence-electron chi connectivity index (χ1n) is 11.5. The van der Waals surface area contributed by atoms with Gasteiger partial charge >= 0.3 is 5.97 Å². The number of hydrogen-bond donors (Lipinski definition) is 1. The molecule has 0 aliphatic rings. The van der Waals surface area contributed by atoms with Crippen LogP contribution < -0.4 is 4.31 Å². The van der Waals surface area contributed by atoms with Gasteiger partial charge in [-0.2, -0.15) is 0 Å². The van der Waals surface area contributed by atoms with Crippen molar-refractivity contribution < 1.29 is 32.3 Å². The van der Waals surface area contributed by atoms with Gasteiger partial charge in [0.15, 0.2) is 5.82 Å². The van der Waals surface area contributed by atoms with Gasteiger partial charge in [-0.25, -0.2) is 17.5 Å². The lowest BCUT2D eigenvalue weighted by atomic mass is 9.98. The maximum atomic E-state index is 13.8. The summed E-state index contributed by atoms with van der Waals surface area (Å²) in [6, 6.07) is 11.0. The normalized spacial score (nSPS) is 11.2. The van der Waals surface area contributed by atoms with Crippen LogP contribution in [0.2, 0.25) is 0 Å². The van der Waals surface area contributed by atoms with Gasteiger partial charge in [-0.3, -0.25) is 0 Å². The summed E-state index contributed by atoms with van der Waals surface area (Å²) in [5, 5.41) is 13.3. The lowest BCUT2D eigenvalue weighted by molar-refractivity contribution is 0.0696. The molecule has 0 spiro atoms. The van der Waals surface area contributed by atoms with E-state index in [-0.39, 0.29) is 29.6 Å². The highest BCUT2D eigenvalue weighted by molar-refractivity contribution is 7.93. The highest BCUT2D eigenvalue weighted by Crippen LogP contribution is 2.35. The van der Waals surface area contributed by atoms with Crippen molar-refractivity contribution in [3.63, 3.8) is 0 Å². The smallest absolute Gasteiger partial charge is 0.335 e. The zero-order valence-corrected chi connectivity index (χ0v) is 23.1. The fraction of sp³-hybridized carbons (Fsp3) is 0.385. The highest BCUT2D eigenvalue weighted by Gasteiger charge is 2.32. The van der Waals surface area contributed by atoms with Crippen molar-refractivity contribution in [2.45, 2.75) is 32.3 Å². The summed E-state index contributed by atoms with van der Waals surface area (Å²) in [5.41, 5.74) is 2.19. The second-order valence-electron chi connectivity index (χ2n) is 8.61. The number of carboxylic acids is 1. The molecule has 2 aromatic carbocycles. The molecule has 1 heterocycles. The Kier molecular flexibility index (Phi) is 10.8. The minimum Gasteiger partial charge on any atom is -0.478 e. The summed E-state index contributed by atoms with van der Waals surface area (Å²) in [6.07, 6.45) is 0. The number of nitrogens with zero attached hydrogens (tertiary/aromatic N) is 3. The van der Waals surface area contributed by atoms with Crippen molar-refractivity contribution in [3.8, 4) is 11.1 Å². The minimum atomic E-state index is -4.14. The molecule has 0 aliphatic heterocycles. The number of carboxylic acid groups (broad SMARTS) is 1. The Balaban J connectivity index is 0.00000112. The van der Waals surface area contributed by atoms with E-state index in [1.54, 1.807) is 38.1 Å². The van der Waals surface area contributed by atoms with E-state index < -0.39 is 16.0 Å². The molecule has 11 heteroatoms. The Bertz CT molecular complexity index is 1300. The van der Waals surface area contributed by atoms with Crippen LogP contribution in [0.5, 0.6) is 0 Å². The monoisotopic (exact) mass is 533 g/mol. The van der Waals surface area contributed by atoms with Crippen molar-refractivity contribution in [2.75, 3.05) is 45.9 Å². The lowest BCUT2D eigenvalue weighted by Gasteiger charge is -2.23. The molecule has 0 saturated carbocycles. The molecular formula is C26H35N3O7S. The molecule has 0 bridgehead atoms. The molecule has 0 atom stereocenters. The summed E-state index contributed by atoms with van der Waals surface area (Å²) >= 11 is 0. The van der Waals surface area contributed by atoms with Gasteiger partial charge in [0.1, 0.15) is 12.5 Å². The van der Waals surface area contributed by atoms with Gasteiger partial charge in [0.05, 0.1) is 17.1 Å². The third kappa shape index (κ3) is 7.39. The number of rotatable bonds is 10. The molecule has 3 rings (SSSR count). The van der Waals surface area contributed by atoms with Gasteiger partial charge in [-0.15, -0.1) is 0 Å². The molecule has 37 heavy (non-hydrogen) atoms. The summed E-state index contributed by atoms with van der Waals surface area (Å²) in [4.78, 5) is 13.5. The van der Waals surface area contributed by atoms with Crippen molar-refractivity contribution in [3.05, 3.63) is 64.9 Å². The van der Waals surface area contributed by atoms with E-state index >= 15 is 0 Å². The zero-order valence-electron chi connectivity index (χ0n) is 22.3. The standard InChI is InChI=1S/C23H26N2O7S.C3H9N/c1-5-31-13-18-12-17(23(26)27)10-11-19(18)20-8-6-7-9-21(20)33(28,29)25(14-30-4)22-15(2)16(3)32-24-22;1-4(2)3/h6-12H,5,13-14H2,1-4H3,(H,26,27);1-3H3. The topological polar surface area (TPSA) is 122 Å². The largest absolute Gasteiger partial charge is 0.478 e. The number of hydrogen-bond acceptors (Lipinski definition) is 8. The predicted molar refractivity (Wildman–Crippen MR) is 141 cm³/mol. The summed E-state index contributed by atoms with van der Waals surface area (Å²) < 4.78 is 44.6. The highest BCUT2D eigenvalue weighted by atomic mass is 32.2. The minimum absolute atomic E-state index is 0.0166. The predicted octanol–water partition coefficient (Wildman–Crippen LogP) is 4.17. The van der Waals surface area contributed by atoms with Crippen LogP contribution in [0.25, 0.3) is 11.1 Å². The van der Waals surface area contributed by atoms with E-state index in [2.05, 4.69) is 5.16 Å². The Hall–Kier alpha value is -3.25. The summed E-state index contributed by atoms with van der Waals surface area (Å²) in [5.74, 6) is -0.443. The Labute approximate surface area is 218 Å². The molecule has 1 N–H and O–H groups in total. The van der Waals surface area contributed by atoms with E-state index in [4.69, 9.17) is 14.0 Å². The number of methoxy groups -OCH3 is 1. The van der Waals surface area contributed by atoms with Crippen LogP contribution in [0, 0.1) is 13.8 Å². The van der Waals surface area contributed by atoms with E-state index in [9.17, 15) is 18.3 Å². The van der Waals surface area contributed by atoms with Gasteiger partial charge in [-0.05, 0) is 71.2 Å². The van der Waals surface area contributed by atoms with Crippen LogP contribution in [0.4, 0.5) is 5.82 Å². The quantitative estimate of drug-likeness (QED) is 0.383. The molecule has 0 aliphatic carbocycles. The molecular weight excluding hydrogens is 498 g/mol. The van der Waals surface area contributed by atoms with Crippen LogP contribution in [0.15, 0.2) is 51.9 Å². The van der Waals surface area contributed by atoms with Gasteiger partial charge in [0.25, 0.3) is 10.0 Å². The van der Waals surface area contributed by atoms with E-state index in [1.165, 1.54) is 25.3 Å². The molecule has 3 aromatic rings. The number of sulfonamides is 1. The fourth-order valence-corrected chi connectivity index (χ4v) is 4.94. The summed E-state index contributed by atoms with van der Waals surface area (Å²) in [7, 11) is 3.25. The van der Waals surface area contributed by atoms with Crippen LogP contribution in [-0.2, 0) is 26.1 Å². The number of carbonyl (C=O) groups is 1. The van der Waals surface area contributed by atoms with Crippen LogP contribution >= 0.6 is 0 Å². The van der Waals surface area contributed by atoms with Crippen LogP contribution in [-0.4, -0.2) is 71.1 Å². The number of aromatic carboxylic acids is 1. The summed E-state index contributed by atoms with van der Waals surface area (Å²) in [6.45, 7) is 5.52. The second-order valence-corrected chi connectivity index (χ2v) is 10.4. The lowest BCUT2D eigenvalue weighted by Crippen LogP contribution is -2.34. The van der Waals surface area contributed by atoms with Gasteiger partial charge in [-0.1, -0.05) is 29.4 Å². The van der Waals surface area contributed by atoms with Crippen molar-refractivity contribution in [2.24, 2.45) is 0 Å². The number of benzene rings is 2. The molecule has 0 unspecified atom stereocenters. The van der Waals surface area contributed by atoms with E-state index in [0.717, 1.165) is 4.31 Å². The van der Waals surface area contributed by atoms with Gasteiger partial charge < -0.3 is 24.0 Å². The SMILES string of the molecule is CCOCc1cc(C(=O)O)ccc1-c1ccccc1S(=O)(=O)N(COC)c1noc(C)c1C.CN(C)C. The van der Waals surface area contributed by atoms with E-state index in [1.807, 2.05) is 33.0 Å². The zero-order chi connectivity index (χ0) is 27.8. The van der Waals surface area contributed by atoms with Crippen molar-refractivity contribution in [1.29, 1.82) is 0 Å². The first-order chi connectivity index (χ1) is 17.4. The van der Waals surface area contributed by atoms with E-state index in [0.29, 0.717) is 34.6 Å². The molecule has 1 aromatic heterocycles. The third-order valence-electron chi connectivity index (χ3n) is 5.17. The van der Waals surface area contributed by atoms with Crippen molar-refractivity contribution in [1.82, 2.24) is 10.1 Å².